The third-order valence-electron chi connectivity index (χ3n) is 4.01. The SMILES string of the molecule is CCNC(=O)CN=C(NCC)NCC(c1ccco1)N1CCCC1.I. The third kappa shape index (κ3) is 7.23. The maximum absolute atomic E-state index is 11.6. The van der Waals surface area contributed by atoms with Crippen molar-refractivity contribution in [2.24, 2.45) is 4.99 Å². The van der Waals surface area contributed by atoms with Crippen molar-refractivity contribution in [1.29, 1.82) is 0 Å². The standard InChI is InChI=1S/C17H29N5O2.HI/c1-3-18-16(23)13-21-17(19-4-2)20-12-14(15-8-7-11-24-15)22-9-5-6-10-22;/h7-8,11,14H,3-6,9-10,12-13H2,1-2H3,(H,18,23)(H2,19,20,21);1H. The van der Waals surface area contributed by atoms with Gasteiger partial charge in [0.15, 0.2) is 5.96 Å². The van der Waals surface area contributed by atoms with E-state index >= 15 is 0 Å². The molecule has 0 bridgehead atoms. The summed E-state index contributed by atoms with van der Waals surface area (Å²) in [6, 6.07) is 4.12. The van der Waals surface area contributed by atoms with Gasteiger partial charge < -0.3 is 20.4 Å². The number of aliphatic imine (C=N–C) groups is 1. The van der Waals surface area contributed by atoms with Gasteiger partial charge in [-0.15, -0.1) is 24.0 Å². The molecule has 1 unspecified atom stereocenters. The van der Waals surface area contributed by atoms with Crippen molar-refractivity contribution in [2.75, 3.05) is 39.3 Å². The molecule has 142 valence electrons. The van der Waals surface area contributed by atoms with Crippen molar-refractivity contribution >= 4 is 35.8 Å². The number of carbonyl (C=O) groups is 1. The van der Waals surface area contributed by atoms with Crippen LogP contribution < -0.4 is 16.0 Å². The Hall–Kier alpha value is -1.29. The van der Waals surface area contributed by atoms with Gasteiger partial charge in [0.05, 0.1) is 12.3 Å². The summed E-state index contributed by atoms with van der Waals surface area (Å²) in [6.45, 7) is 8.25. The molecule has 1 atom stereocenters. The average Bonchev–Trinajstić information content (AvgIpc) is 3.27. The Kier molecular flexibility index (Phi) is 10.6. The molecule has 25 heavy (non-hydrogen) atoms. The van der Waals surface area contributed by atoms with Crippen LogP contribution in [-0.2, 0) is 4.79 Å². The van der Waals surface area contributed by atoms with Gasteiger partial charge in [-0.25, -0.2) is 4.99 Å². The Morgan fingerprint density at radius 2 is 1.96 bits per heavy atom. The zero-order valence-corrected chi connectivity index (χ0v) is 17.4. The number of rotatable bonds is 8. The Balaban J connectivity index is 0.00000312. The Bertz CT molecular complexity index is 515. The monoisotopic (exact) mass is 463 g/mol. The number of likely N-dealkylation sites (N-methyl/N-ethyl adjacent to an activating group) is 1. The fourth-order valence-corrected chi connectivity index (χ4v) is 2.88. The normalized spacial score (nSPS) is 16.2. The number of nitrogens with zero attached hydrogens (tertiary/aromatic N) is 2. The van der Waals surface area contributed by atoms with E-state index in [9.17, 15) is 4.79 Å². The van der Waals surface area contributed by atoms with Crippen molar-refractivity contribution in [3.05, 3.63) is 24.2 Å². The second-order valence-corrected chi connectivity index (χ2v) is 5.80. The first-order chi connectivity index (χ1) is 11.7. The highest BCUT2D eigenvalue weighted by atomic mass is 127. The predicted molar refractivity (Wildman–Crippen MR) is 110 cm³/mol. The molecule has 2 rings (SSSR count). The molecule has 1 fully saturated rings. The van der Waals surface area contributed by atoms with Crippen LogP contribution in [0.1, 0.15) is 38.5 Å². The summed E-state index contributed by atoms with van der Waals surface area (Å²) in [6.07, 6.45) is 4.16. The lowest BCUT2D eigenvalue weighted by atomic mass is 10.2. The summed E-state index contributed by atoms with van der Waals surface area (Å²) in [5.74, 6) is 1.54. The quantitative estimate of drug-likeness (QED) is 0.311. The molecule has 1 aromatic rings. The lowest BCUT2D eigenvalue weighted by Gasteiger charge is -2.26. The van der Waals surface area contributed by atoms with Crippen molar-refractivity contribution in [3.63, 3.8) is 0 Å². The van der Waals surface area contributed by atoms with Gasteiger partial charge in [-0.05, 0) is 51.9 Å². The van der Waals surface area contributed by atoms with Crippen molar-refractivity contribution in [1.82, 2.24) is 20.9 Å². The smallest absolute Gasteiger partial charge is 0.241 e. The van der Waals surface area contributed by atoms with Crippen LogP contribution >= 0.6 is 24.0 Å². The van der Waals surface area contributed by atoms with Gasteiger partial charge in [0, 0.05) is 19.6 Å². The molecular weight excluding hydrogens is 433 g/mol. The van der Waals surface area contributed by atoms with Crippen LogP contribution in [0.25, 0.3) is 0 Å². The van der Waals surface area contributed by atoms with Gasteiger partial charge >= 0.3 is 0 Å². The molecule has 0 saturated carbocycles. The van der Waals surface area contributed by atoms with Gasteiger partial charge in [0.25, 0.3) is 0 Å². The lowest BCUT2D eigenvalue weighted by molar-refractivity contribution is -0.119. The molecule has 0 aliphatic carbocycles. The van der Waals surface area contributed by atoms with E-state index in [4.69, 9.17) is 4.42 Å². The van der Waals surface area contributed by atoms with Crippen LogP contribution in [0, 0.1) is 0 Å². The van der Waals surface area contributed by atoms with Gasteiger partial charge in [-0.2, -0.15) is 0 Å². The van der Waals surface area contributed by atoms with E-state index in [1.165, 1.54) is 12.8 Å². The molecule has 3 N–H and O–H groups in total. The maximum Gasteiger partial charge on any atom is 0.241 e. The second-order valence-electron chi connectivity index (χ2n) is 5.80. The fraction of sp³-hybridized carbons (Fsp3) is 0.647. The number of hydrogen-bond donors (Lipinski definition) is 3. The average molecular weight is 463 g/mol. The van der Waals surface area contributed by atoms with Crippen molar-refractivity contribution in [3.8, 4) is 0 Å². The molecule has 1 saturated heterocycles. The summed E-state index contributed by atoms with van der Waals surface area (Å²) < 4.78 is 5.62. The van der Waals surface area contributed by atoms with Crippen LogP contribution in [0.3, 0.4) is 0 Å². The molecule has 0 radical (unpaired) electrons. The Morgan fingerprint density at radius 3 is 2.56 bits per heavy atom. The first-order valence-corrected chi connectivity index (χ1v) is 8.81. The lowest BCUT2D eigenvalue weighted by Crippen LogP contribution is -2.43. The van der Waals surface area contributed by atoms with E-state index in [1.807, 2.05) is 26.0 Å². The highest BCUT2D eigenvalue weighted by Gasteiger charge is 2.25. The summed E-state index contributed by atoms with van der Waals surface area (Å²) >= 11 is 0. The fourth-order valence-electron chi connectivity index (χ4n) is 2.88. The van der Waals surface area contributed by atoms with E-state index in [2.05, 4.69) is 25.8 Å². The summed E-state index contributed by atoms with van der Waals surface area (Å²) in [5.41, 5.74) is 0. The predicted octanol–water partition coefficient (Wildman–Crippen LogP) is 1.73. The number of guanidine groups is 1. The molecule has 1 aliphatic rings. The Labute approximate surface area is 167 Å². The number of hydrogen-bond acceptors (Lipinski definition) is 4. The van der Waals surface area contributed by atoms with Crippen LogP contribution in [0.5, 0.6) is 0 Å². The first-order valence-electron chi connectivity index (χ1n) is 8.81. The van der Waals surface area contributed by atoms with E-state index < -0.39 is 0 Å². The highest BCUT2D eigenvalue weighted by Crippen LogP contribution is 2.24. The Morgan fingerprint density at radius 1 is 1.24 bits per heavy atom. The minimum absolute atomic E-state index is 0. The summed E-state index contributed by atoms with van der Waals surface area (Å²) in [4.78, 5) is 18.4. The molecule has 0 spiro atoms. The summed E-state index contributed by atoms with van der Waals surface area (Å²) in [5, 5.41) is 9.27. The largest absolute Gasteiger partial charge is 0.468 e. The van der Waals surface area contributed by atoms with Gasteiger partial charge in [-0.1, -0.05) is 0 Å². The highest BCUT2D eigenvalue weighted by molar-refractivity contribution is 14.0. The number of furan rings is 1. The van der Waals surface area contributed by atoms with Crippen molar-refractivity contribution < 1.29 is 9.21 Å². The number of likely N-dealkylation sites (tertiary alicyclic amines) is 1. The van der Waals surface area contributed by atoms with E-state index in [-0.39, 0.29) is 42.5 Å². The van der Waals surface area contributed by atoms with Crippen molar-refractivity contribution in [2.45, 2.75) is 32.7 Å². The van der Waals surface area contributed by atoms with Gasteiger partial charge in [-0.3, -0.25) is 9.69 Å². The molecule has 1 aliphatic heterocycles. The molecule has 1 amide bonds. The van der Waals surface area contributed by atoms with Gasteiger partial charge in [0.1, 0.15) is 12.3 Å². The minimum atomic E-state index is -0.0724. The summed E-state index contributed by atoms with van der Waals surface area (Å²) in [7, 11) is 0. The molecule has 1 aromatic heterocycles. The zero-order chi connectivity index (χ0) is 17.2. The number of carbonyl (C=O) groups excluding carboxylic acids is 1. The molecule has 7 nitrogen and oxygen atoms in total. The van der Waals surface area contributed by atoms with Gasteiger partial charge in [0.2, 0.25) is 5.91 Å². The maximum atomic E-state index is 11.6. The number of halogens is 1. The molecular formula is C17H30IN5O2. The second kappa shape index (κ2) is 12.1. The first kappa shape index (κ1) is 21.8. The van der Waals surface area contributed by atoms with E-state index in [1.54, 1.807) is 6.26 Å². The van der Waals surface area contributed by atoms with E-state index in [0.717, 1.165) is 25.4 Å². The topological polar surface area (TPSA) is 81.9 Å². The third-order valence-corrected chi connectivity index (χ3v) is 4.01. The van der Waals surface area contributed by atoms with Crippen LogP contribution in [0.4, 0.5) is 0 Å². The van der Waals surface area contributed by atoms with Crippen LogP contribution in [-0.4, -0.2) is 56.0 Å². The molecule has 8 heteroatoms. The number of amides is 1. The molecule has 2 heterocycles. The zero-order valence-electron chi connectivity index (χ0n) is 15.1. The number of nitrogens with one attached hydrogen (secondary N) is 3. The molecule has 0 aromatic carbocycles. The van der Waals surface area contributed by atoms with Crippen LogP contribution in [0.15, 0.2) is 27.8 Å². The minimum Gasteiger partial charge on any atom is -0.468 e. The van der Waals surface area contributed by atoms with E-state index in [0.29, 0.717) is 19.0 Å². The van der Waals surface area contributed by atoms with Crippen LogP contribution in [0.2, 0.25) is 0 Å².